The van der Waals surface area contributed by atoms with Crippen LogP contribution in [0.1, 0.15) is 33.3 Å². The summed E-state index contributed by atoms with van der Waals surface area (Å²) < 4.78 is 4.94. The molecule has 0 aliphatic heterocycles. The molecule has 0 spiro atoms. The number of benzene rings is 1. The van der Waals surface area contributed by atoms with Crippen molar-refractivity contribution in [1.29, 1.82) is 0 Å². The number of carbonyl (C=O) groups is 1. The molecule has 1 rings (SSSR count). The largest absolute Gasteiger partial charge is 0.465 e. The highest BCUT2D eigenvalue weighted by Gasteiger charge is 2.14. The minimum Gasteiger partial charge on any atom is -0.465 e. The summed E-state index contributed by atoms with van der Waals surface area (Å²) in [6, 6.07) is 5.80. The molecule has 0 saturated heterocycles. The van der Waals surface area contributed by atoms with E-state index >= 15 is 0 Å². The molecule has 0 atom stereocenters. The number of rotatable bonds is 6. The molecular formula is C15H22ClNO2S. The number of ether oxygens (including phenoxy) is 1. The van der Waals surface area contributed by atoms with Crippen molar-refractivity contribution in [3.63, 3.8) is 0 Å². The molecule has 0 saturated carbocycles. The van der Waals surface area contributed by atoms with Gasteiger partial charge in [0.25, 0.3) is 0 Å². The van der Waals surface area contributed by atoms with Crippen LogP contribution < -0.4 is 5.32 Å². The number of hydrogen-bond acceptors (Lipinski definition) is 4. The number of thioether (sulfide) groups is 1. The summed E-state index contributed by atoms with van der Waals surface area (Å²) in [4.78, 5) is 12.4. The third-order valence-corrected chi connectivity index (χ3v) is 4.08. The Hall–Kier alpha value is -0.710. The Balaban J connectivity index is 2.75. The SMILES string of the molecule is CCOC(=O)CSc1c(Cl)cccc1CNC(C)(C)C. The van der Waals surface area contributed by atoms with Crippen LogP contribution in [-0.2, 0) is 16.1 Å². The van der Waals surface area contributed by atoms with Crippen molar-refractivity contribution in [3.05, 3.63) is 28.8 Å². The summed E-state index contributed by atoms with van der Waals surface area (Å²) >= 11 is 7.67. The number of carbonyl (C=O) groups excluding carboxylic acids is 1. The van der Waals surface area contributed by atoms with E-state index in [4.69, 9.17) is 16.3 Å². The van der Waals surface area contributed by atoms with Crippen LogP contribution in [0.5, 0.6) is 0 Å². The second-order valence-electron chi connectivity index (χ2n) is 5.43. The van der Waals surface area contributed by atoms with Crippen LogP contribution in [0, 0.1) is 0 Å². The first-order valence-corrected chi connectivity index (χ1v) is 8.00. The molecule has 3 nitrogen and oxygen atoms in total. The van der Waals surface area contributed by atoms with E-state index in [0.717, 1.165) is 17.0 Å². The summed E-state index contributed by atoms with van der Waals surface area (Å²) in [5.41, 5.74) is 1.13. The standard InChI is InChI=1S/C15H22ClNO2S/c1-5-19-13(18)10-20-14-11(7-6-8-12(14)16)9-17-15(2,3)4/h6-8,17H,5,9-10H2,1-4H3. The zero-order valence-corrected chi connectivity index (χ0v) is 14.0. The maximum Gasteiger partial charge on any atom is 0.316 e. The summed E-state index contributed by atoms with van der Waals surface area (Å²) in [6.45, 7) is 9.27. The molecule has 0 aliphatic carbocycles. The average molecular weight is 316 g/mol. The highest BCUT2D eigenvalue weighted by Crippen LogP contribution is 2.31. The van der Waals surface area contributed by atoms with Gasteiger partial charge in [-0.2, -0.15) is 0 Å². The van der Waals surface area contributed by atoms with Crippen LogP contribution in [-0.4, -0.2) is 23.9 Å². The molecule has 20 heavy (non-hydrogen) atoms. The van der Waals surface area contributed by atoms with Gasteiger partial charge in [0.15, 0.2) is 0 Å². The topological polar surface area (TPSA) is 38.3 Å². The fourth-order valence-electron chi connectivity index (χ4n) is 1.55. The molecule has 0 heterocycles. The van der Waals surface area contributed by atoms with E-state index in [1.54, 1.807) is 6.92 Å². The summed E-state index contributed by atoms with van der Waals surface area (Å²) in [7, 11) is 0. The maximum atomic E-state index is 11.5. The lowest BCUT2D eigenvalue weighted by Gasteiger charge is -2.21. The van der Waals surface area contributed by atoms with Gasteiger partial charge in [0, 0.05) is 17.0 Å². The fraction of sp³-hybridized carbons (Fsp3) is 0.533. The fourth-order valence-corrected chi connectivity index (χ4v) is 2.78. The molecule has 112 valence electrons. The van der Waals surface area contributed by atoms with Crippen molar-refractivity contribution in [3.8, 4) is 0 Å². The van der Waals surface area contributed by atoms with Gasteiger partial charge >= 0.3 is 5.97 Å². The Bertz CT molecular complexity index is 458. The maximum absolute atomic E-state index is 11.5. The second kappa shape index (κ2) is 7.91. The Morgan fingerprint density at radius 1 is 1.40 bits per heavy atom. The number of nitrogens with one attached hydrogen (secondary N) is 1. The lowest BCUT2D eigenvalue weighted by atomic mass is 10.1. The van der Waals surface area contributed by atoms with E-state index in [-0.39, 0.29) is 17.3 Å². The van der Waals surface area contributed by atoms with Crippen LogP contribution in [0.25, 0.3) is 0 Å². The van der Waals surface area contributed by atoms with E-state index in [1.165, 1.54) is 11.8 Å². The van der Waals surface area contributed by atoms with Crippen molar-refractivity contribution >= 4 is 29.3 Å². The van der Waals surface area contributed by atoms with Gasteiger partial charge in [0.05, 0.1) is 17.4 Å². The second-order valence-corrected chi connectivity index (χ2v) is 6.82. The molecule has 0 radical (unpaired) electrons. The quantitative estimate of drug-likeness (QED) is 0.638. The minimum atomic E-state index is -0.216. The Labute approximate surface area is 130 Å². The Morgan fingerprint density at radius 2 is 2.10 bits per heavy atom. The lowest BCUT2D eigenvalue weighted by molar-refractivity contribution is -0.139. The van der Waals surface area contributed by atoms with E-state index in [9.17, 15) is 4.79 Å². The van der Waals surface area contributed by atoms with Gasteiger partial charge in [-0.15, -0.1) is 11.8 Å². The predicted octanol–water partition coefficient (Wildman–Crippen LogP) is 3.88. The van der Waals surface area contributed by atoms with Gasteiger partial charge in [-0.25, -0.2) is 0 Å². The van der Waals surface area contributed by atoms with Crippen LogP contribution in [0.15, 0.2) is 23.1 Å². The molecular weight excluding hydrogens is 294 g/mol. The monoisotopic (exact) mass is 315 g/mol. The minimum absolute atomic E-state index is 0.0331. The van der Waals surface area contributed by atoms with Crippen LogP contribution >= 0.6 is 23.4 Å². The molecule has 0 bridgehead atoms. The molecule has 1 N–H and O–H groups in total. The molecule has 0 aromatic heterocycles. The zero-order valence-electron chi connectivity index (χ0n) is 12.5. The molecule has 0 aliphatic rings. The van der Waals surface area contributed by atoms with Gasteiger partial charge in [0.1, 0.15) is 0 Å². The zero-order chi connectivity index (χ0) is 15.2. The van der Waals surface area contributed by atoms with E-state index < -0.39 is 0 Å². The Morgan fingerprint density at radius 3 is 2.70 bits per heavy atom. The molecule has 5 heteroatoms. The number of hydrogen-bond donors (Lipinski definition) is 1. The van der Waals surface area contributed by atoms with Crippen molar-refractivity contribution < 1.29 is 9.53 Å². The first kappa shape index (κ1) is 17.3. The van der Waals surface area contributed by atoms with E-state index in [1.807, 2.05) is 18.2 Å². The molecule has 0 fully saturated rings. The van der Waals surface area contributed by atoms with E-state index in [2.05, 4.69) is 26.1 Å². The first-order chi connectivity index (χ1) is 9.33. The van der Waals surface area contributed by atoms with Crippen LogP contribution in [0.3, 0.4) is 0 Å². The molecule has 0 amide bonds. The summed E-state index contributed by atoms with van der Waals surface area (Å²) in [5.74, 6) is 0.0623. The third kappa shape index (κ3) is 6.16. The lowest BCUT2D eigenvalue weighted by Crippen LogP contribution is -2.35. The molecule has 1 aromatic rings. The average Bonchev–Trinajstić information content (AvgIpc) is 2.34. The van der Waals surface area contributed by atoms with Gasteiger partial charge in [-0.05, 0) is 39.3 Å². The molecule has 1 aromatic carbocycles. The summed E-state index contributed by atoms with van der Waals surface area (Å²) in [6.07, 6.45) is 0. The van der Waals surface area contributed by atoms with Crippen molar-refractivity contribution in [2.75, 3.05) is 12.4 Å². The molecule has 0 unspecified atom stereocenters. The van der Waals surface area contributed by atoms with Crippen LogP contribution in [0.2, 0.25) is 5.02 Å². The van der Waals surface area contributed by atoms with Gasteiger partial charge < -0.3 is 10.1 Å². The summed E-state index contributed by atoms with van der Waals surface area (Å²) in [5, 5.41) is 4.10. The Kier molecular flexibility index (Phi) is 6.86. The number of esters is 1. The smallest absolute Gasteiger partial charge is 0.316 e. The normalized spacial score (nSPS) is 11.4. The van der Waals surface area contributed by atoms with Crippen LogP contribution in [0.4, 0.5) is 0 Å². The highest BCUT2D eigenvalue weighted by atomic mass is 35.5. The first-order valence-electron chi connectivity index (χ1n) is 6.64. The van der Waals surface area contributed by atoms with Gasteiger partial charge in [-0.1, -0.05) is 23.7 Å². The van der Waals surface area contributed by atoms with E-state index in [0.29, 0.717) is 11.6 Å². The van der Waals surface area contributed by atoms with Crippen molar-refractivity contribution in [1.82, 2.24) is 5.32 Å². The van der Waals surface area contributed by atoms with Crippen molar-refractivity contribution in [2.24, 2.45) is 0 Å². The van der Waals surface area contributed by atoms with Crippen molar-refractivity contribution in [2.45, 2.75) is 44.7 Å². The third-order valence-electron chi connectivity index (χ3n) is 2.50. The highest BCUT2D eigenvalue weighted by molar-refractivity contribution is 8.00. The van der Waals surface area contributed by atoms with Gasteiger partial charge in [0.2, 0.25) is 0 Å². The number of halogens is 1. The predicted molar refractivity (Wildman–Crippen MR) is 85.4 cm³/mol. The van der Waals surface area contributed by atoms with Gasteiger partial charge in [-0.3, -0.25) is 4.79 Å².